The van der Waals surface area contributed by atoms with E-state index in [0.717, 1.165) is 0 Å². The number of anilines is 1. The number of nitrogens with two attached hydrogens (primary N) is 1. The molecule has 2 aromatic heterocycles. The van der Waals surface area contributed by atoms with Crippen molar-refractivity contribution in [1.29, 1.82) is 0 Å². The Labute approximate surface area is 118 Å². The van der Waals surface area contributed by atoms with Crippen LogP contribution in [0.5, 0.6) is 0 Å². The Morgan fingerprint density at radius 2 is 2.10 bits per heavy atom. The molecular formula is C12H14N4O5. The second-order valence-corrected chi connectivity index (χ2v) is 4.77. The highest BCUT2D eigenvalue weighted by Crippen LogP contribution is 2.30. The van der Waals surface area contributed by atoms with Gasteiger partial charge in [0.25, 0.3) is 0 Å². The second kappa shape index (κ2) is 5.04. The maximum absolute atomic E-state index is 11.9. The van der Waals surface area contributed by atoms with Crippen LogP contribution < -0.4 is 11.2 Å². The van der Waals surface area contributed by atoms with Crippen LogP contribution >= 0.6 is 0 Å². The molecule has 3 heterocycles. The third-order valence-corrected chi connectivity index (χ3v) is 3.53. The molecule has 5 N–H and O–H groups in total. The Morgan fingerprint density at radius 3 is 2.76 bits per heavy atom. The van der Waals surface area contributed by atoms with Crippen LogP contribution in [0.1, 0.15) is 6.23 Å². The van der Waals surface area contributed by atoms with Crippen molar-refractivity contribution in [2.75, 3.05) is 12.3 Å². The van der Waals surface area contributed by atoms with E-state index in [1.807, 2.05) is 0 Å². The Bertz CT molecular complexity index is 733. The van der Waals surface area contributed by atoms with Gasteiger partial charge in [-0.1, -0.05) is 0 Å². The molecule has 4 atom stereocenters. The average Bonchev–Trinajstić information content (AvgIpc) is 2.76. The molecule has 9 heteroatoms. The summed E-state index contributed by atoms with van der Waals surface area (Å²) in [7, 11) is 0. The van der Waals surface area contributed by atoms with Crippen LogP contribution in [-0.2, 0) is 4.74 Å². The minimum Gasteiger partial charge on any atom is -0.394 e. The third kappa shape index (κ3) is 2.07. The van der Waals surface area contributed by atoms with E-state index in [9.17, 15) is 15.0 Å². The molecule has 0 aromatic carbocycles. The molecule has 1 fully saturated rings. The predicted molar refractivity (Wildman–Crippen MR) is 71.2 cm³/mol. The van der Waals surface area contributed by atoms with E-state index in [1.165, 1.54) is 23.2 Å². The van der Waals surface area contributed by atoms with Crippen molar-refractivity contribution in [3.8, 4) is 0 Å². The van der Waals surface area contributed by atoms with E-state index < -0.39 is 31.1 Å². The molecule has 9 nitrogen and oxygen atoms in total. The molecule has 1 unspecified atom stereocenters. The fourth-order valence-electron chi connectivity index (χ4n) is 2.44. The Balaban J connectivity index is 2.16. The van der Waals surface area contributed by atoms with Gasteiger partial charge in [0, 0.05) is 12.3 Å². The van der Waals surface area contributed by atoms with Crippen molar-refractivity contribution >= 4 is 16.9 Å². The smallest absolute Gasteiger partial charge is 0.194 e. The molecule has 1 aliphatic rings. The zero-order valence-electron chi connectivity index (χ0n) is 10.8. The fraction of sp³-hybridized carbons (Fsp3) is 0.417. The quantitative estimate of drug-likeness (QED) is 0.497. The Kier molecular flexibility index (Phi) is 3.33. The molecule has 2 aromatic rings. The minimum absolute atomic E-state index is 0.0195. The zero-order valence-corrected chi connectivity index (χ0v) is 10.8. The lowest BCUT2D eigenvalue weighted by molar-refractivity contribution is -0.0511. The molecule has 3 rings (SSSR count). The first-order valence-electron chi connectivity index (χ1n) is 6.28. The number of aliphatic hydroxyl groups is 3. The molecule has 0 bridgehead atoms. The van der Waals surface area contributed by atoms with Crippen molar-refractivity contribution in [2.45, 2.75) is 24.5 Å². The van der Waals surface area contributed by atoms with E-state index in [4.69, 9.17) is 15.6 Å². The summed E-state index contributed by atoms with van der Waals surface area (Å²) < 4.78 is 6.81. The largest absolute Gasteiger partial charge is 0.394 e. The molecule has 112 valence electrons. The van der Waals surface area contributed by atoms with Gasteiger partial charge in [-0.25, -0.2) is 9.97 Å². The van der Waals surface area contributed by atoms with Gasteiger partial charge in [-0.15, -0.1) is 0 Å². The van der Waals surface area contributed by atoms with E-state index in [0.29, 0.717) is 0 Å². The van der Waals surface area contributed by atoms with Gasteiger partial charge in [0.2, 0.25) is 0 Å². The zero-order chi connectivity index (χ0) is 15.1. The average molecular weight is 294 g/mol. The molecule has 0 saturated carbocycles. The Morgan fingerprint density at radius 1 is 1.33 bits per heavy atom. The van der Waals surface area contributed by atoms with Gasteiger partial charge in [-0.05, 0) is 0 Å². The summed E-state index contributed by atoms with van der Waals surface area (Å²) in [6.45, 7) is -0.440. The predicted octanol–water partition coefficient (Wildman–Crippen LogP) is -2.01. The lowest BCUT2D eigenvalue weighted by Crippen LogP contribution is -2.33. The van der Waals surface area contributed by atoms with Gasteiger partial charge in [-0.3, -0.25) is 4.79 Å². The third-order valence-electron chi connectivity index (χ3n) is 3.53. The van der Waals surface area contributed by atoms with E-state index in [2.05, 4.69) is 9.97 Å². The summed E-state index contributed by atoms with van der Waals surface area (Å²) in [5, 5.41) is 29.1. The van der Waals surface area contributed by atoms with Crippen molar-refractivity contribution in [2.24, 2.45) is 0 Å². The molecule has 0 spiro atoms. The molecular weight excluding hydrogens is 280 g/mol. The molecule has 0 aliphatic carbocycles. The van der Waals surface area contributed by atoms with Crippen LogP contribution in [0, 0.1) is 0 Å². The normalized spacial score (nSPS) is 29.1. The van der Waals surface area contributed by atoms with Crippen LogP contribution in [0.2, 0.25) is 0 Å². The SMILES string of the molecule is Nc1ncnc2c1c(=O)ccn2C1O[C@H](CO)[C@@H](O)[C@@H]1O. The highest BCUT2D eigenvalue weighted by Gasteiger charge is 2.43. The van der Waals surface area contributed by atoms with E-state index in [1.54, 1.807) is 0 Å². The van der Waals surface area contributed by atoms with Crippen molar-refractivity contribution in [3.05, 3.63) is 28.8 Å². The lowest BCUT2D eigenvalue weighted by Gasteiger charge is -2.20. The molecule has 21 heavy (non-hydrogen) atoms. The lowest BCUT2D eigenvalue weighted by atomic mass is 10.1. The number of hydrogen-bond donors (Lipinski definition) is 4. The molecule has 1 aliphatic heterocycles. The fourth-order valence-corrected chi connectivity index (χ4v) is 2.44. The minimum atomic E-state index is -1.27. The summed E-state index contributed by atoms with van der Waals surface area (Å²) in [4.78, 5) is 19.6. The standard InChI is InChI=1S/C12H14N4O5/c13-10-7-5(18)1-2-16(11(7)15-4-14-10)12-9(20)8(19)6(3-17)21-12/h1-2,4,6,8-9,12,17,19-20H,3H2,(H2,13,14,15)/t6-,8-,9+,12?/m1/s1. The van der Waals surface area contributed by atoms with Gasteiger partial charge in [0.15, 0.2) is 17.3 Å². The monoisotopic (exact) mass is 294 g/mol. The Hall–Kier alpha value is -2.07. The first-order valence-corrected chi connectivity index (χ1v) is 6.28. The number of nitrogens with zero attached hydrogens (tertiary/aromatic N) is 3. The van der Waals surface area contributed by atoms with Crippen LogP contribution in [0.4, 0.5) is 5.82 Å². The van der Waals surface area contributed by atoms with Gasteiger partial charge < -0.3 is 30.4 Å². The van der Waals surface area contributed by atoms with Gasteiger partial charge >= 0.3 is 0 Å². The molecule has 1 saturated heterocycles. The number of aromatic nitrogens is 3. The summed E-state index contributed by atoms with van der Waals surface area (Å²) >= 11 is 0. The van der Waals surface area contributed by atoms with Crippen molar-refractivity contribution < 1.29 is 20.1 Å². The van der Waals surface area contributed by atoms with E-state index >= 15 is 0 Å². The summed E-state index contributed by atoms with van der Waals surface area (Å²) in [6, 6.07) is 1.25. The number of hydrogen-bond acceptors (Lipinski definition) is 8. The summed E-state index contributed by atoms with van der Waals surface area (Å²) in [5.74, 6) is 0.0195. The first kappa shape index (κ1) is 13.9. The molecule has 0 radical (unpaired) electrons. The van der Waals surface area contributed by atoms with Gasteiger partial charge in [0.1, 0.15) is 35.8 Å². The molecule has 0 amide bonds. The van der Waals surface area contributed by atoms with Crippen molar-refractivity contribution in [1.82, 2.24) is 14.5 Å². The van der Waals surface area contributed by atoms with E-state index in [-0.39, 0.29) is 22.3 Å². The number of nitrogen functional groups attached to an aromatic ring is 1. The number of ether oxygens (including phenoxy) is 1. The van der Waals surface area contributed by atoms with Crippen LogP contribution in [0.15, 0.2) is 23.4 Å². The summed E-state index contributed by atoms with van der Waals surface area (Å²) in [6.07, 6.45) is -1.85. The number of fused-ring (bicyclic) bond motifs is 1. The number of aliphatic hydroxyl groups excluding tert-OH is 3. The maximum Gasteiger partial charge on any atom is 0.194 e. The van der Waals surface area contributed by atoms with Crippen LogP contribution in [-0.4, -0.2) is 54.8 Å². The highest BCUT2D eigenvalue weighted by atomic mass is 16.6. The van der Waals surface area contributed by atoms with Gasteiger partial charge in [-0.2, -0.15) is 0 Å². The summed E-state index contributed by atoms with van der Waals surface area (Å²) in [5.41, 5.74) is 5.51. The van der Waals surface area contributed by atoms with Crippen LogP contribution in [0.3, 0.4) is 0 Å². The van der Waals surface area contributed by atoms with Gasteiger partial charge in [0.05, 0.1) is 6.61 Å². The first-order chi connectivity index (χ1) is 10.0. The highest BCUT2D eigenvalue weighted by molar-refractivity contribution is 5.84. The van der Waals surface area contributed by atoms with Crippen LogP contribution in [0.25, 0.3) is 11.0 Å². The van der Waals surface area contributed by atoms with Crippen molar-refractivity contribution in [3.63, 3.8) is 0 Å². The number of rotatable bonds is 2. The topological polar surface area (TPSA) is 144 Å². The maximum atomic E-state index is 11.9. The number of pyridine rings is 1. The second-order valence-electron chi connectivity index (χ2n) is 4.77.